The minimum Gasteiger partial charge on any atom is -0.477 e. The molecule has 3 fully saturated rings. The van der Waals surface area contributed by atoms with Gasteiger partial charge in [0, 0.05) is 18.8 Å². The Labute approximate surface area is 149 Å². The van der Waals surface area contributed by atoms with Crippen molar-refractivity contribution in [1.82, 2.24) is 15.6 Å². The predicted octanol–water partition coefficient (Wildman–Crippen LogP) is 2.25. The van der Waals surface area contributed by atoms with Gasteiger partial charge in [-0.15, -0.1) is 0 Å². The summed E-state index contributed by atoms with van der Waals surface area (Å²) in [7, 11) is 0. The van der Waals surface area contributed by atoms with Crippen molar-refractivity contribution in [2.45, 2.75) is 63.8 Å². The fraction of sp³-hybridized carbons (Fsp3) is 0.684. The van der Waals surface area contributed by atoms with Gasteiger partial charge >= 0.3 is 0 Å². The first-order chi connectivity index (χ1) is 12.3. The molecule has 3 unspecified atom stereocenters. The van der Waals surface area contributed by atoms with Gasteiger partial charge < -0.3 is 20.1 Å². The number of pyridine rings is 1. The van der Waals surface area contributed by atoms with Gasteiger partial charge in [0.15, 0.2) is 5.96 Å². The van der Waals surface area contributed by atoms with Gasteiger partial charge in [-0.05, 0) is 50.5 Å². The third kappa shape index (κ3) is 4.42. The van der Waals surface area contributed by atoms with Crippen molar-refractivity contribution >= 4 is 5.96 Å². The number of hydrogen-bond donors (Lipinski definition) is 2. The van der Waals surface area contributed by atoms with E-state index in [1.165, 1.54) is 19.3 Å². The lowest BCUT2D eigenvalue weighted by Gasteiger charge is -2.22. The Hall–Kier alpha value is -1.82. The number of hydrogen-bond acceptors (Lipinski definition) is 4. The Bertz CT molecular complexity index is 600. The van der Waals surface area contributed by atoms with Crippen LogP contribution < -0.4 is 15.4 Å². The first-order valence-corrected chi connectivity index (χ1v) is 9.58. The van der Waals surface area contributed by atoms with E-state index in [4.69, 9.17) is 14.5 Å². The molecule has 4 rings (SSSR count). The van der Waals surface area contributed by atoms with Crippen LogP contribution in [0.5, 0.6) is 5.88 Å². The summed E-state index contributed by atoms with van der Waals surface area (Å²) in [5.41, 5.74) is 1.08. The van der Waals surface area contributed by atoms with Crippen LogP contribution in [0.1, 0.15) is 44.6 Å². The van der Waals surface area contributed by atoms with E-state index < -0.39 is 0 Å². The average molecular weight is 344 g/mol. The highest BCUT2D eigenvalue weighted by atomic mass is 16.5. The lowest BCUT2D eigenvalue weighted by Crippen LogP contribution is -2.47. The van der Waals surface area contributed by atoms with Crippen molar-refractivity contribution in [2.75, 3.05) is 13.2 Å². The summed E-state index contributed by atoms with van der Waals surface area (Å²) in [5, 5.41) is 6.87. The number of fused-ring (bicyclic) bond motifs is 2. The number of rotatable bonds is 7. The summed E-state index contributed by atoms with van der Waals surface area (Å²) in [6, 6.07) is 4.37. The quantitative estimate of drug-likeness (QED) is 0.586. The van der Waals surface area contributed by atoms with Crippen molar-refractivity contribution in [1.29, 1.82) is 0 Å². The number of aromatic nitrogens is 1. The largest absolute Gasteiger partial charge is 0.477 e. The van der Waals surface area contributed by atoms with Crippen LogP contribution in [0.3, 0.4) is 0 Å². The molecule has 2 N–H and O–H groups in total. The molecule has 3 atom stereocenters. The van der Waals surface area contributed by atoms with Crippen LogP contribution in [-0.2, 0) is 11.3 Å². The number of guanidine groups is 1. The van der Waals surface area contributed by atoms with Crippen LogP contribution in [0.15, 0.2) is 23.3 Å². The van der Waals surface area contributed by atoms with E-state index in [0.29, 0.717) is 30.7 Å². The van der Waals surface area contributed by atoms with E-state index in [1.807, 2.05) is 18.3 Å². The van der Waals surface area contributed by atoms with E-state index in [2.05, 4.69) is 22.5 Å². The van der Waals surface area contributed by atoms with E-state index in [1.54, 1.807) is 0 Å². The van der Waals surface area contributed by atoms with Crippen LogP contribution in [0.2, 0.25) is 0 Å². The Morgan fingerprint density at radius 3 is 2.88 bits per heavy atom. The van der Waals surface area contributed by atoms with Gasteiger partial charge in [-0.3, -0.25) is 0 Å². The summed E-state index contributed by atoms with van der Waals surface area (Å²) in [6.07, 6.45) is 8.68. The van der Waals surface area contributed by atoms with Gasteiger partial charge in [-0.1, -0.05) is 6.07 Å². The monoisotopic (exact) mass is 344 g/mol. The van der Waals surface area contributed by atoms with Crippen LogP contribution >= 0.6 is 0 Å². The van der Waals surface area contributed by atoms with E-state index >= 15 is 0 Å². The van der Waals surface area contributed by atoms with Crippen molar-refractivity contribution in [3.63, 3.8) is 0 Å². The van der Waals surface area contributed by atoms with Gasteiger partial charge in [-0.2, -0.15) is 0 Å². The second-order valence-corrected chi connectivity index (χ2v) is 7.31. The lowest BCUT2D eigenvalue weighted by atomic mass is 9.96. The molecule has 0 amide bonds. The molecule has 0 spiro atoms. The molecular weight excluding hydrogens is 316 g/mol. The molecule has 3 aliphatic rings. The smallest absolute Gasteiger partial charge is 0.213 e. The standard InChI is InChI=1S/C19H28N4O2/c1-2-20-19(23-16-9-15-6-7-17(16)25-15)22-11-14-5-8-18(21-10-14)24-12-13-3-4-13/h5,8,10,13,15-17H,2-4,6-7,9,11-12H2,1H3,(H2,20,22,23). The summed E-state index contributed by atoms with van der Waals surface area (Å²) in [6.45, 7) is 4.33. The molecule has 0 aromatic carbocycles. The van der Waals surface area contributed by atoms with Crippen LogP contribution in [0.25, 0.3) is 0 Å². The van der Waals surface area contributed by atoms with Crippen molar-refractivity contribution in [3.8, 4) is 5.88 Å². The van der Waals surface area contributed by atoms with Crippen molar-refractivity contribution in [3.05, 3.63) is 23.9 Å². The van der Waals surface area contributed by atoms with Gasteiger partial charge in [0.1, 0.15) is 0 Å². The van der Waals surface area contributed by atoms with Crippen LogP contribution in [0.4, 0.5) is 0 Å². The first-order valence-electron chi connectivity index (χ1n) is 9.58. The Kier molecular flexibility index (Phi) is 5.06. The maximum atomic E-state index is 5.91. The molecule has 2 saturated heterocycles. The number of ether oxygens (including phenoxy) is 2. The molecule has 1 aromatic rings. The molecule has 3 heterocycles. The Morgan fingerprint density at radius 2 is 2.24 bits per heavy atom. The van der Waals surface area contributed by atoms with Gasteiger partial charge in [0.2, 0.25) is 5.88 Å². The molecule has 1 aromatic heterocycles. The Balaban J connectivity index is 1.30. The third-order valence-corrected chi connectivity index (χ3v) is 5.15. The van der Waals surface area contributed by atoms with Gasteiger partial charge in [0.25, 0.3) is 0 Å². The fourth-order valence-corrected chi connectivity index (χ4v) is 3.53. The molecular formula is C19H28N4O2. The van der Waals surface area contributed by atoms with Crippen LogP contribution in [0, 0.1) is 5.92 Å². The molecule has 136 valence electrons. The molecule has 6 nitrogen and oxygen atoms in total. The maximum absolute atomic E-state index is 5.91. The third-order valence-electron chi connectivity index (χ3n) is 5.15. The van der Waals surface area contributed by atoms with Crippen molar-refractivity contribution in [2.24, 2.45) is 10.9 Å². The Morgan fingerprint density at radius 1 is 1.32 bits per heavy atom. The minimum atomic E-state index is 0.346. The lowest BCUT2D eigenvalue weighted by molar-refractivity contribution is 0.0992. The highest BCUT2D eigenvalue weighted by Gasteiger charge is 2.41. The average Bonchev–Trinajstić information content (AvgIpc) is 3.24. The van der Waals surface area contributed by atoms with Crippen molar-refractivity contribution < 1.29 is 9.47 Å². The molecule has 6 heteroatoms. The van der Waals surface area contributed by atoms with Gasteiger partial charge in [0.05, 0.1) is 31.4 Å². The molecule has 2 aliphatic heterocycles. The highest BCUT2D eigenvalue weighted by molar-refractivity contribution is 5.80. The zero-order chi connectivity index (χ0) is 17.1. The summed E-state index contributed by atoms with van der Waals surface area (Å²) >= 11 is 0. The zero-order valence-electron chi connectivity index (χ0n) is 14.9. The molecule has 2 bridgehead atoms. The van der Waals surface area contributed by atoms with Crippen LogP contribution in [-0.4, -0.2) is 42.3 Å². The molecule has 0 radical (unpaired) electrons. The second kappa shape index (κ2) is 7.60. The minimum absolute atomic E-state index is 0.346. The summed E-state index contributed by atoms with van der Waals surface area (Å²) < 4.78 is 11.6. The van der Waals surface area contributed by atoms with E-state index in [-0.39, 0.29) is 0 Å². The SMILES string of the molecule is CCNC(=NCc1ccc(OCC2CC2)nc1)NC1CC2CCC1O2. The predicted molar refractivity (Wildman–Crippen MR) is 96.7 cm³/mol. The second-order valence-electron chi connectivity index (χ2n) is 7.31. The highest BCUT2D eigenvalue weighted by Crippen LogP contribution is 2.34. The molecule has 1 saturated carbocycles. The number of nitrogens with zero attached hydrogens (tertiary/aromatic N) is 2. The molecule has 25 heavy (non-hydrogen) atoms. The summed E-state index contributed by atoms with van der Waals surface area (Å²) in [4.78, 5) is 9.09. The van der Waals surface area contributed by atoms with E-state index in [0.717, 1.165) is 43.4 Å². The maximum Gasteiger partial charge on any atom is 0.213 e. The number of nitrogens with one attached hydrogen (secondary N) is 2. The molecule has 1 aliphatic carbocycles. The normalized spacial score (nSPS) is 28.2. The van der Waals surface area contributed by atoms with Gasteiger partial charge in [-0.25, -0.2) is 9.98 Å². The fourth-order valence-electron chi connectivity index (χ4n) is 3.53. The topological polar surface area (TPSA) is 67.8 Å². The zero-order valence-corrected chi connectivity index (χ0v) is 14.9. The summed E-state index contributed by atoms with van der Waals surface area (Å²) in [5.74, 6) is 2.32. The first kappa shape index (κ1) is 16.6. The van der Waals surface area contributed by atoms with E-state index in [9.17, 15) is 0 Å². The number of aliphatic imine (C=N–C) groups is 1.